The quantitative estimate of drug-likeness (QED) is 0.467. The summed E-state index contributed by atoms with van der Waals surface area (Å²) in [5.41, 5.74) is 1.06. The monoisotopic (exact) mass is 271 g/mol. The van der Waals surface area contributed by atoms with Gasteiger partial charge in [0.15, 0.2) is 0 Å². The van der Waals surface area contributed by atoms with Crippen LogP contribution in [0.2, 0.25) is 0 Å². The van der Waals surface area contributed by atoms with Gasteiger partial charge in [-0.1, -0.05) is 0 Å². The Hall–Kier alpha value is -0.710. The minimum atomic E-state index is 0.127. The van der Waals surface area contributed by atoms with Crippen LogP contribution < -0.4 is 21.2 Å². The zero-order chi connectivity index (χ0) is 8.39. The van der Waals surface area contributed by atoms with E-state index in [0.29, 0.717) is 0 Å². The van der Waals surface area contributed by atoms with Crippen LogP contribution in [-0.4, -0.2) is 14.9 Å². The number of rotatable bonds is 1. The maximum absolute atomic E-state index is 4.20. The number of hydrogen-bond acceptors (Lipinski definition) is 2. The van der Waals surface area contributed by atoms with Crippen molar-refractivity contribution in [2.24, 2.45) is 0 Å². The molecule has 3 heteroatoms. The van der Waals surface area contributed by atoms with Crippen molar-refractivity contribution < 1.29 is 21.2 Å². The van der Waals surface area contributed by atoms with Crippen LogP contribution >= 0.6 is 0 Å². The molecule has 0 saturated carbocycles. The summed E-state index contributed by atoms with van der Waals surface area (Å²) in [6.07, 6.45) is 3.50. The number of halogens is 1. The number of fused-ring (bicyclic) bond motifs is 1. The summed E-state index contributed by atoms with van der Waals surface area (Å²) in [4.78, 5) is 10.5. The van der Waals surface area contributed by atoms with Gasteiger partial charge in [-0.15, -0.1) is 0 Å². The second-order valence-corrected chi connectivity index (χ2v) is 4.63. The third kappa shape index (κ3) is 1.29. The molecule has 1 aromatic carbocycles. The van der Waals surface area contributed by atoms with Crippen molar-refractivity contribution in [2.75, 3.05) is 4.93 Å². The van der Waals surface area contributed by atoms with E-state index >= 15 is 0 Å². The molecule has 0 bridgehead atoms. The molecule has 0 aliphatic carbocycles. The number of hydrogen-bond donors (Lipinski definition) is 0. The fourth-order valence-electron chi connectivity index (χ4n) is 1.13. The van der Waals surface area contributed by atoms with Crippen LogP contribution in [0.5, 0.6) is 0 Å². The normalized spacial score (nSPS) is 10.8. The van der Waals surface area contributed by atoms with E-state index in [-0.39, 0.29) is 21.2 Å². The standard InChI is InChI=1S/C9H8IN2/c1-10-8-3-2-4-9-7(8)5-11-6-12-9/h2-6H,1H3/q-1. The molecule has 0 spiro atoms. The number of nitrogens with zero attached hydrogens (tertiary/aromatic N) is 2. The molecule has 12 heavy (non-hydrogen) atoms. The second-order valence-electron chi connectivity index (χ2n) is 2.38. The first-order valence-corrected chi connectivity index (χ1v) is 6.83. The number of benzene rings is 1. The first-order valence-electron chi connectivity index (χ1n) is 3.60. The molecule has 0 saturated heterocycles. The van der Waals surface area contributed by atoms with Gasteiger partial charge in [-0.2, -0.15) is 0 Å². The molecular formula is C9H8IN2-. The Bertz CT molecular complexity index is 395. The van der Waals surface area contributed by atoms with Gasteiger partial charge in [0.25, 0.3) is 0 Å². The van der Waals surface area contributed by atoms with Gasteiger partial charge in [0.2, 0.25) is 0 Å². The van der Waals surface area contributed by atoms with Crippen LogP contribution in [0.1, 0.15) is 0 Å². The molecule has 62 valence electrons. The molecule has 0 amide bonds. The fourth-order valence-corrected chi connectivity index (χ4v) is 2.70. The van der Waals surface area contributed by atoms with Crippen molar-refractivity contribution in [2.45, 2.75) is 0 Å². The summed E-state index contributed by atoms with van der Waals surface area (Å²) in [6, 6.07) is 6.26. The van der Waals surface area contributed by atoms with Crippen molar-refractivity contribution in [1.82, 2.24) is 9.97 Å². The molecule has 0 aliphatic rings. The van der Waals surface area contributed by atoms with E-state index < -0.39 is 0 Å². The Morgan fingerprint density at radius 3 is 3.08 bits per heavy atom. The molecule has 1 heterocycles. The number of alkyl halides is 1. The average Bonchev–Trinajstić information content (AvgIpc) is 2.17. The van der Waals surface area contributed by atoms with Crippen LogP contribution in [0.3, 0.4) is 0 Å². The molecular weight excluding hydrogens is 263 g/mol. The van der Waals surface area contributed by atoms with E-state index in [2.05, 4.69) is 27.0 Å². The first-order chi connectivity index (χ1) is 5.92. The van der Waals surface area contributed by atoms with Crippen LogP contribution in [0.4, 0.5) is 0 Å². The minimum absolute atomic E-state index is 0.127. The predicted octanol–water partition coefficient (Wildman–Crippen LogP) is -1.48. The van der Waals surface area contributed by atoms with Gasteiger partial charge in [0.05, 0.1) is 0 Å². The van der Waals surface area contributed by atoms with Gasteiger partial charge < -0.3 is 0 Å². The maximum atomic E-state index is 4.20. The molecule has 2 aromatic rings. The van der Waals surface area contributed by atoms with E-state index in [9.17, 15) is 0 Å². The van der Waals surface area contributed by atoms with Crippen molar-refractivity contribution in [3.05, 3.63) is 34.3 Å². The fraction of sp³-hybridized carbons (Fsp3) is 0.111. The molecule has 0 atom stereocenters. The van der Waals surface area contributed by atoms with E-state index in [1.807, 2.05) is 12.3 Å². The third-order valence-electron chi connectivity index (χ3n) is 1.70. The van der Waals surface area contributed by atoms with Crippen molar-refractivity contribution in [1.29, 1.82) is 0 Å². The van der Waals surface area contributed by atoms with E-state index in [4.69, 9.17) is 0 Å². The van der Waals surface area contributed by atoms with Gasteiger partial charge in [-0.25, -0.2) is 0 Å². The molecule has 2 nitrogen and oxygen atoms in total. The Kier molecular flexibility index (Phi) is 2.21. The Balaban J connectivity index is 2.79. The van der Waals surface area contributed by atoms with E-state index in [1.165, 1.54) is 8.96 Å². The molecule has 0 fully saturated rings. The van der Waals surface area contributed by atoms with Crippen molar-refractivity contribution >= 4 is 10.9 Å². The van der Waals surface area contributed by atoms with E-state index in [0.717, 1.165) is 5.52 Å². The topological polar surface area (TPSA) is 25.8 Å². The van der Waals surface area contributed by atoms with Gasteiger partial charge in [-0.3, -0.25) is 0 Å². The number of aromatic nitrogens is 2. The molecule has 0 aliphatic heterocycles. The Morgan fingerprint density at radius 2 is 2.25 bits per heavy atom. The molecule has 0 unspecified atom stereocenters. The van der Waals surface area contributed by atoms with Crippen molar-refractivity contribution in [3.63, 3.8) is 0 Å². The summed E-state index contributed by atoms with van der Waals surface area (Å²) >= 11 is 0.127. The summed E-state index contributed by atoms with van der Waals surface area (Å²) in [5.74, 6) is 0. The van der Waals surface area contributed by atoms with Crippen molar-refractivity contribution in [3.8, 4) is 0 Å². The summed E-state index contributed by atoms with van der Waals surface area (Å²) in [7, 11) is 0. The average molecular weight is 271 g/mol. The van der Waals surface area contributed by atoms with Crippen LogP contribution in [0.25, 0.3) is 10.9 Å². The molecule has 0 radical (unpaired) electrons. The SMILES string of the molecule is C[I-]c1cccc2ncncc12. The second kappa shape index (κ2) is 3.35. The first kappa shape index (κ1) is 7.91. The third-order valence-corrected chi connectivity index (χ3v) is 3.80. The van der Waals surface area contributed by atoms with Gasteiger partial charge in [0, 0.05) is 0 Å². The van der Waals surface area contributed by atoms with Gasteiger partial charge >= 0.3 is 81.3 Å². The summed E-state index contributed by atoms with van der Waals surface area (Å²) in [6.45, 7) is 0. The molecule has 2 rings (SSSR count). The zero-order valence-corrected chi connectivity index (χ0v) is 8.82. The summed E-state index contributed by atoms with van der Waals surface area (Å²) < 4.78 is 1.42. The molecule has 0 N–H and O–H groups in total. The van der Waals surface area contributed by atoms with Crippen LogP contribution in [0.15, 0.2) is 30.7 Å². The van der Waals surface area contributed by atoms with Crippen LogP contribution in [-0.2, 0) is 0 Å². The van der Waals surface area contributed by atoms with Gasteiger partial charge in [0.1, 0.15) is 0 Å². The Morgan fingerprint density at radius 1 is 1.33 bits per heavy atom. The van der Waals surface area contributed by atoms with Crippen LogP contribution in [0, 0.1) is 3.57 Å². The zero-order valence-electron chi connectivity index (χ0n) is 6.66. The summed E-state index contributed by atoms with van der Waals surface area (Å²) in [5, 5.41) is 1.22. The Labute approximate surface area is 81.3 Å². The van der Waals surface area contributed by atoms with Gasteiger partial charge in [-0.05, 0) is 0 Å². The van der Waals surface area contributed by atoms with E-state index in [1.54, 1.807) is 6.33 Å². The predicted molar refractivity (Wildman–Crippen MR) is 44.2 cm³/mol. The molecule has 1 aromatic heterocycles.